The third kappa shape index (κ3) is 1.91. The zero-order chi connectivity index (χ0) is 8.65. The van der Waals surface area contributed by atoms with Gasteiger partial charge in [0.1, 0.15) is 0 Å². The summed E-state index contributed by atoms with van der Waals surface area (Å²) in [4.78, 5) is 0. The Bertz CT molecular complexity index is 219. The van der Waals surface area contributed by atoms with Gasteiger partial charge in [-0.2, -0.15) is 0 Å². The normalized spacial score (nSPS) is 26.5. The first-order valence-corrected chi connectivity index (χ1v) is 5.31. The van der Waals surface area contributed by atoms with Gasteiger partial charge in [0.05, 0.1) is 11.5 Å². The average molecular weight is 180 g/mol. The molecule has 2 N–H and O–H groups in total. The van der Waals surface area contributed by atoms with Crippen LogP contribution in [0.3, 0.4) is 0 Å². The highest BCUT2D eigenvalue weighted by atomic mass is 32.2. The highest BCUT2D eigenvalue weighted by molar-refractivity contribution is 7.92. The molecule has 0 aromatic rings. The van der Waals surface area contributed by atoms with Crippen LogP contribution in [0.5, 0.6) is 0 Å². The van der Waals surface area contributed by atoms with Gasteiger partial charge in [0.2, 0.25) is 0 Å². The molecule has 1 unspecified atom stereocenters. The molecule has 0 spiro atoms. The van der Waals surface area contributed by atoms with Crippen molar-refractivity contribution in [1.29, 1.82) is 0 Å². The molecule has 1 heterocycles. The Labute approximate surface area is 65.8 Å². The van der Waals surface area contributed by atoms with Crippen molar-refractivity contribution in [2.45, 2.75) is 13.2 Å². The van der Waals surface area contributed by atoms with Gasteiger partial charge in [0.15, 0.2) is 16.1 Å². The second-order valence-electron chi connectivity index (χ2n) is 3.11. The highest BCUT2D eigenvalue weighted by Gasteiger charge is 2.38. The van der Waals surface area contributed by atoms with E-state index >= 15 is 0 Å². The zero-order valence-corrected chi connectivity index (χ0v) is 7.08. The standard InChI is InChI=1S/C6H12O4S/c1-4(6(7)8)5-2-11(9,10)3-5/h4-8H,2-3H2,1H3. The van der Waals surface area contributed by atoms with E-state index in [1.165, 1.54) is 0 Å². The van der Waals surface area contributed by atoms with Crippen molar-refractivity contribution in [2.24, 2.45) is 11.8 Å². The third-order valence-corrected chi connectivity index (χ3v) is 4.02. The lowest BCUT2D eigenvalue weighted by molar-refractivity contribution is -0.0909. The van der Waals surface area contributed by atoms with E-state index in [-0.39, 0.29) is 23.3 Å². The SMILES string of the molecule is CC(C(O)O)C1CS(=O)(=O)C1. The van der Waals surface area contributed by atoms with Crippen LogP contribution < -0.4 is 0 Å². The molecule has 1 rings (SSSR count). The summed E-state index contributed by atoms with van der Waals surface area (Å²) in [7, 11) is -2.83. The van der Waals surface area contributed by atoms with E-state index in [0.29, 0.717) is 0 Å². The van der Waals surface area contributed by atoms with Crippen LogP contribution in [-0.2, 0) is 9.84 Å². The van der Waals surface area contributed by atoms with E-state index in [4.69, 9.17) is 10.2 Å². The van der Waals surface area contributed by atoms with E-state index in [9.17, 15) is 8.42 Å². The molecule has 11 heavy (non-hydrogen) atoms. The quantitative estimate of drug-likeness (QED) is 0.533. The minimum atomic E-state index is -2.83. The zero-order valence-electron chi connectivity index (χ0n) is 6.27. The highest BCUT2D eigenvalue weighted by Crippen LogP contribution is 2.27. The van der Waals surface area contributed by atoms with E-state index in [1.807, 2.05) is 0 Å². The summed E-state index contributed by atoms with van der Waals surface area (Å²) in [6.45, 7) is 1.64. The summed E-state index contributed by atoms with van der Waals surface area (Å²) >= 11 is 0. The molecular weight excluding hydrogens is 168 g/mol. The lowest BCUT2D eigenvalue weighted by atomic mass is 9.96. The fourth-order valence-electron chi connectivity index (χ4n) is 1.15. The molecule has 0 amide bonds. The number of hydrogen-bond acceptors (Lipinski definition) is 4. The summed E-state index contributed by atoms with van der Waals surface area (Å²) < 4.78 is 21.3. The maximum Gasteiger partial charge on any atom is 0.154 e. The molecule has 1 fully saturated rings. The second-order valence-corrected chi connectivity index (χ2v) is 5.26. The Morgan fingerprint density at radius 3 is 2.09 bits per heavy atom. The maximum atomic E-state index is 10.7. The second kappa shape index (κ2) is 2.73. The van der Waals surface area contributed by atoms with Crippen LogP contribution in [0.15, 0.2) is 0 Å². The molecule has 0 aromatic carbocycles. The van der Waals surface area contributed by atoms with Crippen LogP contribution in [0.2, 0.25) is 0 Å². The first kappa shape index (κ1) is 8.96. The van der Waals surface area contributed by atoms with Gasteiger partial charge >= 0.3 is 0 Å². The van der Waals surface area contributed by atoms with Gasteiger partial charge in [-0.25, -0.2) is 8.42 Å². The topological polar surface area (TPSA) is 74.6 Å². The summed E-state index contributed by atoms with van der Waals surface area (Å²) in [5.41, 5.74) is 0. The first-order valence-electron chi connectivity index (χ1n) is 3.49. The predicted molar refractivity (Wildman–Crippen MR) is 39.5 cm³/mol. The summed E-state index contributed by atoms with van der Waals surface area (Å²) in [6, 6.07) is 0. The van der Waals surface area contributed by atoms with Gasteiger partial charge in [0, 0.05) is 5.92 Å². The molecule has 0 aliphatic carbocycles. The lowest BCUT2D eigenvalue weighted by Crippen LogP contribution is -2.43. The molecule has 66 valence electrons. The Morgan fingerprint density at radius 1 is 1.36 bits per heavy atom. The molecule has 1 saturated heterocycles. The summed E-state index contributed by atoms with van der Waals surface area (Å²) in [5.74, 6) is -0.198. The van der Waals surface area contributed by atoms with E-state index in [0.717, 1.165) is 0 Å². The van der Waals surface area contributed by atoms with Gasteiger partial charge in [0.25, 0.3) is 0 Å². The van der Waals surface area contributed by atoms with Crippen molar-refractivity contribution in [2.75, 3.05) is 11.5 Å². The molecule has 1 aliphatic rings. The van der Waals surface area contributed by atoms with Gasteiger partial charge < -0.3 is 10.2 Å². The van der Waals surface area contributed by atoms with Gasteiger partial charge in [-0.1, -0.05) is 6.92 Å². The lowest BCUT2D eigenvalue weighted by Gasteiger charge is -2.31. The molecular formula is C6H12O4S. The Morgan fingerprint density at radius 2 is 1.82 bits per heavy atom. The monoisotopic (exact) mass is 180 g/mol. The summed E-state index contributed by atoms with van der Waals surface area (Å²) in [6.07, 6.45) is -1.39. The number of sulfone groups is 1. The van der Waals surface area contributed by atoms with E-state index in [2.05, 4.69) is 0 Å². The number of aliphatic hydroxyl groups excluding tert-OH is 1. The fourth-order valence-corrected chi connectivity index (χ4v) is 2.96. The Kier molecular flexibility index (Phi) is 2.22. The van der Waals surface area contributed by atoms with Gasteiger partial charge in [-0.15, -0.1) is 0 Å². The van der Waals surface area contributed by atoms with Gasteiger partial charge in [-0.05, 0) is 5.92 Å². The number of hydrogen-bond donors (Lipinski definition) is 2. The van der Waals surface area contributed by atoms with Crippen LogP contribution in [-0.4, -0.2) is 36.4 Å². The minimum absolute atomic E-state index is 0.0694. The van der Waals surface area contributed by atoms with E-state index < -0.39 is 16.1 Å². The Hall–Kier alpha value is -0.130. The largest absolute Gasteiger partial charge is 0.368 e. The minimum Gasteiger partial charge on any atom is -0.368 e. The smallest absolute Gasteiger partial charge is 0.154 e. The van der Waals surface area contributed by atoms with Crippen LogP contribution in [0, 0.1) is 11.8 Å². The van der Waals surface area contributed by atoms with Crippen LogP contribution >= 0.6 is 0 Å². The average Bonchev–Trinajstić information content (AvgIpc) is 1.80. The molecule has 0 bridgehead atoms. The molecule has 1 aliphatic heterocycles. The predicted octanol–water partition coefficient (Wildman–Crippen LogP) is -1.02. The molecule has 0 aromatic heterocycles. The maximum absolute atomic E-state index is 10.7. The third-order valence-electron chi connectivity index (χ3n) is 2.15. The first-order chi connectivity index (χ1) is 4.92. The fraction of sp³-hybridized carbons (Fsp3) is 1.00. The van der Waals surface area contributed by atoms with E-state index in [1.54, 1.807) is 6.92 Å². The van der Waals surface area contributed by atoms with Crippen LogP contribution in [0.25, 0.3) is 0 Å². The van der Waals surface area contributed by atoms with Crippen molar-refractivity contribution in [3.8, 4) is 0 Å². The summed E-state index contributed by atoms with van der Waals surface area (Å²) in [5, 5.41) is 17.4. The number of aliphatic hydroxyl groups is 2. The molecule has 0 radical (unpaired) electrons. The Balaban J connectivity index is 2.44. The molecule has 4 nitrogen and oxygen atoms in total. The molecule has 1 atom stereocenters. The van der Waals surface area contributed by atoms with Crippen molar-refractivity contribution < 1.29 is 18.6 Å². The van der Waals surface area contributed by atoms with Crippen molar-refractivity contribution >= 4 is 9.84 Å². The van der Waals surface area contributed by atoms with Crippen molar-refractivity contribution in [3.05, 3.63) is 0 Å². The molecule has 0 saturated carbocycles. The van der Waals surface area contributed by atoms with Gasteiger partial charge in [-0.3, -0.25) is 0 Å². The van der Waals surface area contributed by atoms with Crippen molar-refractivity contribution in [1.82, 2.24) is 0 Å². The van der Waals surface area contributed by atoms with Crippen LogP contribution in [0.4, 0.5) is 0 Å². The molecule has 5 heteroatoms. The van der Waals surface area contributed by atoms with Crippen molar-refractivity contribution in [3.63, 3.8) is 0 Å². The van der Waals surface area contributed by atoms with Crippen LogP contribution in [0.1, 0.15) is 6.92 Å². The number of rotatable bonds is 2.